The van der Waals surface area contributed by atoms with E-state index < -0.39 is 5.97 Å². The number of carbonyl (C=O) groups excluding carboxylic acids is 1. The summed E-state index contributed by atoms with van der Waals surface area (Å²) in [5, 5.41) is 12.2. The molecule has 2 N–H and O–H groups in total. The van der Waals surface area contributed by atoms with E-state index >= 15 is 0 Å². The molecule has 0 aromatic heterocycles. The van der Waals surface area contributed by atoms with Gasteiger partial charge in [-0.25, -0.2) is 0 Å². The summed E-state index contributed by atoms with van der Waals surface area (Å²) >= 11 is 0. The SMILES string of the molecule is O=C(O)C1CCCC(C(=O)NC2CCCCCC2)C1. The first-order chi connectivity index (χ1) is 9.16. The summed E-state index contributed by atoms with van der Waals surface area (Å²) in [4.78, 5) is 23.3. The Morgan fingerprint density at radius 1 is 0.842 bits per heavy atom. The van der Waals surface area contributed by atoms with Crippen molar-refractivity contribution >= 4 is 11.9 Å². The molecule has 0 saturated heterocycles. The third-order valence-electron chi connectivity index (χ3n) is 4.60. The fraction of sp³-hybridized carbons (Fsp3) is 0.867. The molecule has 1 amide bonds. The van der Waals surface area contributed by atoms with E-state index in [1.807, 2.05) is 0 Å². The number of carboxylic acid groups (broad SMARTS) is 1. The highest BCUT2D eigenvalue weighted by Crippen LogP contribution is 2.29. The third-order valence-corrected chi connectivity index (χ3v) is 4.60. The Kier molecular flexibility index (Phi) is 5.23. The molecule has 2 saturated carbocycles. The monoisotopic (exact) mass is 267 g/mol. The van der Waals surface area contributed by atoms with Crippen LogP contribution in [0.1, 0.15) is 64.2 Å². The number of carbonyl (C=O) groups is 2. The highest BCUT2D eigenvalue weighted by molar-refractivity contribution is 5.80. The maximum atomic E-state index is 12.2. The van der Waals surface area contributed by atoms with Gasteiger partial charge in [-0.3, -0.25) is 9.59 Å². The first-order valence-corrected chi connectivity index (χ1v) is 7.70. The predicted octanol–water partition coefficient (Wildman–Crippen LogP) is 2.72. The van der Waals surface area contributed by atoms with Crippen LogP contribution in [0.25, 0.3) is 0 Å². The van der Waals surface area contributed by atoms with E-state index in [1.54, 1.807) is 0 Å². The van der Waals surface area contributed by atoms with Gasteiger partial charge in [-0.1, -0.05) is 32.1 Å². The van der Waals surface area contributed by atoms with Gasteiger partial charge in [-0.2, -0.15) is 0 Å². The Morgan fingerprint density at radius 2 is 1.47 bits per heavy atom. The Hall–Kier alpha value is -1.06. The fourth-order valence-corrected chi connectivity index (χ4v) is 3.39. The minimum Gasteiger partial charge on any atom is -0.481 e. The standard InChI is InChI=1S/C15H25NO3/c17-14(16-13-8-3-1-2-4-9-13)11-6-5-7-12(10-11)15(18)19/h11-13H,1-10H2,(H,16,17)(H,18,19). The van der Waals surface area contributed by atoms with Gasteiger partial charge in [0.05, 0.1) is 5.92 Å². The molecule has 0 bridgehead atoms. The normalized spacial score (nSPS) is 29.5. The summed E-state index contributed by atoms with van der Waals surface area (Å²) in [5.41, 5.74) is 0. The van der Waals surface area contributed by atoms with Crippen molar-refractivity contribution in [1.82, 2.24) is 5.32 Å². The zero-order chi connectivity index (χ0) is 13.7. The number of hydrogen-bond acceptors (Lipinski definition) is 2. The Morgan fingerprint density at radius 3 is 2.11 bits per heavy atom. The van der Waals surface area contributed by atoms with Gasteiger partial charge >= 0.3 is 5.97 Å². The molecule has 4 nitrogen and oxygen atoms in total. The number of carboxylic acids is 1. The van der Waals surface area contributed by atoms with Crippen LogP contribution in [-0.4, -0.2) is 23.0 Å². The Balaban J connectivity index is 1.83. The van der Waals surface area contributed by atoms with E-state index in [4.69, 9.17) is 5.11 Å². The minimum absolute atomic E-state index is 0.0851. The largest absolute Gasteiger partial charge is 0.481 e. The number of aliphatic carboxylic acids is 1. The Labute approximate surface area is 115 Å². The molecule has 0 aromatic carbocycles. The molecule has 0 heterocycles. The summed E-state index contributed by atoms with van der Waals surface area (Å²) in [6.07, 6.45) is 10.1. The molecule has 4 heteroatoms. The molecular formula is C15H25NO3. The second-order valence-corrected chi connectivity index (χ2v) is 6.10. The highest BCUT2D eigenvalue weighted by atomic mass is 16.4. The van der Waals surface area contributed by atoms with E-state index in [0.717, 1.165) is 32.1 Å². The third kappa shape index (κ3) is 4.22. The molecule has 2 unspecified atom stereocenters. The summed E-state index contributed by atoms with van der Waals surface area (Å²) in [6, 6.07) is 0.320. The number of hydrogen-bond donors (Lipinski definition) is 2. The van der Waals surface area contributed by atoms with E-state index in [9.17, 15) is 9.59 Å². The van der Waals surface area contributed by atoms with Gasteiger partial charge in [0.25, 0.3) is 0 Å². The highest BCUT2D eigenvalue weighted by Gasteiger charge is 2.31. The van der Waals surface area contributed by atoms with E-state index in [1.165, 1.54) is 25.7 Å². The van der Waals surface area contributed by atoms with Crippen molar-refractivity contribution in [2.75, 3.05) is 0 Å². The van der Waals surface area contributed by atoms with Crippen LogP contribution in [0.3, 0.4) is 0 Å². The van der Waals surface area contributed by atoms with Crippen molar-refractivity contribution in [2.24, 2.45) is 11.8 Å². The van der Waals surface area contributed by atoms with Gasteiger partial charge in [0.1, 0.15) is 0 Å². The maximum absolute atomic E-state index is 12.2. The average molecular weight is 267 g/mol. The lowest BCUT2D eigenvalue weighted by Crippen LogP contribution is -2.40. The molecule has 2 rings (SSSR count). The molecule has 2 fully saturated rings. The van der Waals surface area contributed by atoms with Crippen LogP contribution in [0.15, 0.2) is 0 Å². The van der Waals surface area contributed by atoms with Gasteiger partial charge in [0, 0.05) is 12.0 Å². The number of amides is 1. The molecule has 2 aliphatic carbocycles. The van der Waals surface area contributed by atoms with E-state index in [0.29, 0.717) is 12.5 Å². The zero-order valence-corrected chi connectivity index (χ0v) is 11.6. The average Bonchev–Trinajstić information content (AvgIpc) is 2.67. The van der Waals surface area contributed by atoms with Crippen molar-refractivity contribution < 1.29 is 14.7 Å². The smallest absolute Gasteiger partial charge is 0.306 e. The van der Waals surface area contributed by atoms with Crippen LogP contribution in [-0.2, 0) is 9.59 Å². The minimum atomic E-state index is -0.744. The van der Waals surface area contributed by atoms with Crippen LogP contribution in [0.2, 0.25) is 0 Å². The van der Waals surface area contributed by atoms with Crippen molar-refractivity contribution in [2.45, 2.75) is 70.3 Å². The number of rotatable bonds is 3. The van der Waals surface area contributed by atoms with Gasteiger partial charge < -0.3 is 10.4 Å². The van der Waals surface area contributed by atoms with Gasteiger partial charge in [0.15, 0.2) is 0 Å². The Bertz CT molecular complexity index is 321. The van der Waals surface area contributed by atoms with Crippen LogP contribution >= 0.6 is 0 Å². The lowest BCUT2D eigenvalue weighted by atomic mass is 9.81. The van der Waals surface area contributed by atoms with Crippen LogP contribution in [0, 0.1) is 11.8 Å². The van der Waals surface area contributed by atoms with E-state index in [2.05, 4.69) is 5.32 Å². The molecule has 108 valence electrons. The van der Waals surface area contributed by atoms with Gasteiger partial charge in [-0.15, -0.1) is 0 Å². The van der Waals surface area contributed by atoms with Crippen LogP contribution < -0.4 is 5.32 Å². The van der Waals surface area contributed by atoms with Crippen LogP contribution in [0.4, 0.5) is 0 Å². The van der Waals surface area contributed by atoms with Crippen molar-refractivity contribution in [3.05, 3.63) is 0 Å². The van der Waals surface area contributed by atoms with Gasteiger partial charge in [-0.05, 0) is 32.1 Å². The predicted molar refractivity (Wildman–Crippen MR) is 72.7 cm³/mol. The van der Waals surface area contributed by atoms with Crippen LogP contribution in [0.5, 0.6) is 0 Å². The summed E-state index contributed by atoms with van der Waals surface area (Å²) in [6.45, 7) is 0. The maximum Gasteiger partial charge on any atom is 0.306 e. The zero-order valence-electron chi connectivity index (χ0n) is 11.6. The molecule has 0 aromatic rings. The van der Waals surface area contributed by atoms with Crippen molar-refractivity contribution in [1.29, 1.82) is 0 Å². The summed E-state index contributed by atoms with van der Waals surface area (Å²) < 4.78 is 0. The lowest BCUT2D eigenvalue weighted by molar-refractivity contribution is -0.144. The second kappa shape index (κ2) is 6.92. The summed E-state index contributed by atoms with van der Waals surface area (Å²) in [7, 11) is 0. The van der Waals surface area contributed by atoms with Crippen molar-refractivity contribution in [3.8, 4) is 0 Å². The van der Waals surface area contributed by atoms with E-state index in [-0.39, 0.29) is 17.7 Å². The summed E-state index contributed by atoms with van der Waals surface area (Å²) in [5.74, 6) is -1.05. The molecular weight excluding hydrogens is 242 g/mol. The molecule has 2 atom stereocenters. The molecule has 0 radical (unpaired) electrons. The number of nitrogens with one attached hydrogen (secondary N) is 1. The first-order valence-electron chi connectivity index (χ1n) is 7.70. The second-order valence-electron chi connectivity index (χ2n) is 6.10. The molecule has 0 aliphatic heterocycles. The van der Waals surface area contributed by atoms with Crippen molar-refractivity contribution in [3.63, 3.8) is 0 Å². The van der Waals surface area contributed by atoms with Gasteiger partial charge in [0.2, 0.25) is 5.91 Å². The quantitative estimate of drug-likeness (QED) is 0.773. The molecule has 0 spiro atoms. The molecule has 19 heavy (non-hydrogen) atoms. The lowest BCUT2D eigenvalue weighted by Gasteiger charge is -2.27. The molecule has 2 aliphatic rings. The fourth-order valence-electron chi connectivity index (χ4n) is 3.39. The first kappa shape index (κ1) is 14.4. The topological polar surface area (TPSA) is 66.4 Å².